The zero-order valence-corrected chi connectivity index (χ0v) is 11.3. The number of carbonyl (C=O) groups excluding carboxylic acids is 1. The highest BCUT2D eigenvalue weighted by Crippen LogP contribution is 2.28. The van der Waals surface area contributed by atoms with Crippen LogP contribution in [0.4, 0.5) is 0 Å². The van der Waals surface area contributed by atoms with Gasteiger partial charge in [0.05, 0.1) is 13.7 Å². The van der Waals surface area contributed by atoms with Crippen molar-refractivity contribution in [3.63, 3.8) is 0 Å². The predicted octanol–water partition coefficient (Wildman–Crippen LogP) is 2.39. The number of nitrogens with one attached hydrogen (secondary N) is 1. The molecule has 1 aliphatic carbocycles. The Kier molecular flexibility index (Phi) is 4.44. The Morgan fingerprint density at radius 2 is 2.21 bits per heavy atom. The Labute approximate surface area is 113 Å². The first kappa shape index (κ1) is 13.5. The highest BCUT2D eigenvalue weighted by atomic mass is 16.5. The molecule has 19 heavy (non-hydrogen) atoms. The van der Waals surface area contributed by atoms with Gasteiger partial charge in [-0.3, -0.25) is 4.79 Å². The van der Waals surface area contributed by atoms with Gasteiger partial charge in [-0.2, -0.15) is 0 Å². The normalized spacial score (nSPS) is 14.4. The molecule has 0 aliphatic heterocycles. The maximum absolute atomic E-state index is 11.5. The van der Waals surface area contributed by atoms with Gasteiger partial charge < -0.3 is 14.8 Å². The SMILES string of the molecule is CCOc1cc(/C=C/C(=O)NC2CC2)ccc1OC. The summed E-state index contributed by atoms with van der Waals surface area (Å²) in [5.74, 6) is 1.34. The Balaban J connectivity index is 2.04. The lowest BCUT2D eigenvalue weighted by atomic mass is 10.2. The minimum Gasteiger partial charge on any atom is -0.493 e. The molecule has 1 saturated carbocycles. The molecule has 0 bridgehead atoms. The molecule has 4 heteroatoms. The van der Waals surface area contributed by atoms with Gasteiger partial charge in [-0.1, -0.05) is 6.07 Å². The molecule has 0 atom stereocenters. The molecule has 0 heterocycles. The van der Waals surface area contributed by atoms with Crippen LogP contribution in [0.2, 0.25) is 0 Å². The third-order valence-corrected chi connectivity index (χ3v) is 2.84. The Morgan fingerprint density at radius 3 is 2.84 bits per heavy atom. The molecule has 0 radical (unpaired) electrons. The monoisotopic (exact) mass is 261 g/mol. The third kappa shape index (κ3) is 4.02. The summed E-state index contributed by atoms with van der Waals surface area (Å²) in [5, 5.41) is 2.90. The summed E-state index contributed by atoms with van der Waals surface area (Å²) in [5.41, 5.74) is 0.912. The van der Waals surface area contributed by atoms with Gasteiger partial charge in [0.2, 0.25) is 5.91 Å². The summed E-state index contributed by atoms with van der Waals surface area (Å²) in [6.45, 7) is 2.50. The van der Waals surface area contributed by atoms with Crippen molar-refractivity contribution in [3.05, 3.63) is 29.8 Å². The molecule has 4 nitrogen and oxygen atoms in total. The molecular weight excluding hydrogens is 242 g/mol. The average molecular weight is 261 g/mol. The first-order valence-electron chi connectivity index (χ1n) is 6.52. The minimum atomic E-state index is -0.0451. The van der Waals surface area contributed by atoms with Crippen LogP contribution in [0.5, 0.6) is 11.5 Å². The largest absolute Gasteiger partial charge is 0.493 e. The van der Waals surface area contributed by atoms with Crippen molar-refractivity contribution in [3.8, 4) is 11.5 Å². The molecule has 1 aromatic carbocycles. The fourth-order valence-corrected chi connectivity index (χ4v) is 1.71. The number of ether oxygens (including phenoxy) is 2. The van der Waals surface area contributed by atoms with Crippen LogP contribution in [0.1, 0.15) is 25.3 Å². The van der Waals surface area contributed by atoms with Gasteiger partial charge in [-0.15, -0.1) is 0 Å². The molecule has 0 unspecified atom stereocenters. The quantitative estimate of drug-likeness (QED) is 0.800. The van der Waals surface area contributed by atoms with E-state index in [9.17, 15) is 4.79 Å². The van der Waals surface area contributed by atoms with Crippen LogP contribution in [0, 0.1) is 0 Å². The first-order valence-corrected chi connectivity index (χ1v) is 6.52. The standard InChI is InChI=1S/C15H19NO3/c1-3-19-14-10-11(4-8-13(14)18-2)5-9-15(17)16-12-6-7-12/h4-5,8-10,12H,3,6-7H2,1-2H3,(H,16,17)/b9-5+. The Bertz CT molecular complexity index is 478. The van der Waals surface area contributed by atoms with E-state index >= 15 is 0 Å². The summed E-state index contributed by atoms with van der Waals surface area (Å²) in [4.78, 5) is 11.5. The zero-order chi connectivity index (χ0) is 13.7. The maximum Gasteiger partial charge on any atom is 0.244 e. The first-order chi connectivity index (χ1) is 9.22. The van der Waals surface area contributed by atoms with Gasteiger partial charge in [0.25, 0.3) is 0 Å². The van der Waals surface area contributed by atoms with Gasteiger partial charge in [0.1, 0.15) is 0 Å². The molecular formula is C15H19NO3. The van der Waals surface area contributed by atoms with E-state index in [1.165, 1.54) is 0 Å². The van der Waals surface area contributed by atoms with Gasteiger partial charge in [-0.05, 0) is 43.5 Å². The number of carbonyl (C=O) groups is 1. The van der Waals surface area contributed by atoms with Crippen LogP contribution in [-0.4, -0.2) is 25.7 Å². The van der Waals surface area contributed by atoms with Crippen molar-refractivity contribution in [2.24, 2.45) is 0 Å². The van der Waals surface area contributed by atoms with Gasteiger partial charge in [0, 0.05) is 12.1 Å². The van der Waals surface area contributed by atoms with Crippen LogP contribution in [0.15, 0.2) is 24.3 Å². The molecule has 1 amide bonds. The van der Waals surface area contributed by atoms with E-state index in [0.29, 0.717) is 24.1 Å². The van der Waals surface area contributed by atoms with Crippen molar-refractivity contribution in [2.45, 2.75) is 25.8 Å². The topological polar surface area (TPSA) is 47.6 Å². The second-order valence-corrected chi connectivity index (χ2v) is 4.46. The Morgan fingerprint density at radius 1 is 1.42 bits per heavy atom. The molecule has 0 aromatic heterocycles. The van der Waals surface area contributed by atoms with E-state index in [1.807, 2.05) is 25.1 Å². The number of rotatable bonds is 6. The van der Waals surface area contributed by atoms with Gasteiger partial charge in [-0.25, -0.2) is 0 Å². The molecule has 1 aromatic rings. The molecule has 0 spiro atoms. The second kappa shape index (κ2) is 6.27. The summed E-state index contributed by atoms with van der Waals surface area (Å²) < 4.78 is 10.7. The maximum atomic E-state index is 11.5. The van der Waals surface area contributed by atoms with Crippen LogP contribution < -0.4 is 14.8 Å². The van der Waals surface area contributed by atoms with Crippen molar-refractivity contribution in [1.82, 2.24) is 5.32 Å². The number of amides is 1. The average Bonchev–Trinajstić information content (AvgIpc) is 3.21. The second-order valence-electron chi connectivity index (χ2n) is 4.46. The van der Waals surface area contributed by atoms with Crippen LogP contribution in [0.3, 0.4) is 0 Å². The van der Waals surface area contributed by atoms with Gasteiger partial charge in [0.15, 0.2) is 11.5 Å². The molecule has 1 fully saturated rings. The smallest absolute Gasteiger partial charge is 0.244 e. The van der Waals surface area contributed by atoms with E-state index in [2.05, 4.69) is 5.32 Å². The lowest BCUT2D eigenvalue weighted by Crippen LogP contribution is -2.22. The molecule has 102 valence electrons. The number of hydrogen-bond acceptors (Lipinski definition) is 3. The summed E-state index contributed by atoms with van der Waals surface area (Å²) in [6, 6.07) is 5.97. The van der Waals surface area contributed by atoms with Crippen molar-refractivity contribution >= 4 is 12.0 Å². The summed E-state index contributed by atoms with van der Waals surface area (Å²) >= 11 is 0. The fraction of sp³-hybridized carbons (Fsp3) is 0.400. The van der Waals surface area contributed by atoms with E-state index < -0.39 is 0 Å². The van der Waals surface area contributed by atoms with Crippen molar-refractivity contribution in [2.75, 3.05) is 13.7 Å². The molecule has 1 N–H and O–H groups in total. The Hall–Kier alpha value is -1.97. The van der Waals surface area contributed by atoms with Gasteiger partial charge >= 0.3 is 0 Å². The highest BCUT2D eigenvalue weighted by Gasteiger charge is 2.21. The summed E-state index contributed by atoms with van der Waals surface area (Å²) in [6.07, 6.45) is 5.52. The number of methoxy groups -OCH3 is 1. The predicted molar refractivity (Wildman–Crippen MR) is 74.4 cm³/mol. The number of benzene rings is 1. The van der Waals surface area contributed by atoms with E-state index in [1.54, 1.807) is 19.3 Å². The van der Waals surface area contributed by atoms with E-state index in [4.69, 9.17) is 9.47 Å². The lowest BCUT2D eigenvalue weighted by Gasteiger charge is -2.09. The number of hydrogen-bond donors (Lipinski definition) is 1. The van der Waals surface area contributed by atoms with E-state index in [-0.39, 0.29) is 5.91 Å². The lowest BCUT2D eigenvalue weighted by molar-refractivity contribution is -0.116. The summed E-state index contributed by atoms with van der Waals surface area (Å²) in [7, 11) is 1.61. The zero-order valence-electron chi connectivity index (χ0n) is 11.3. The van der Waals surface area contributed by atoms with Crippen molar-refractivity contribution in [1.29, 1.82) is 0 Å². The van der Waals surface area contributed by atoms with E-state index in [0.717, 1.165) is 18.4 Å². The van der Waals surface area contributed by atoms with Crippen LogP contribution in [0.25, 0.3) is 6.08 Å². The molecule has 2 rings (SSSR count). The minimum absolute atomic E-state index is 0.0451. The third-order valence-electron chi connectivity index (χ3n) is 2.84. The van der Waals surface area contributed by atoms with Crippen LogP contribution >= 0.6 is 0 Å². The molecule has 0 saturated heterocycles. The fourth-order valence-electron chi connectivity index (χ4n) is 1.71. The van der Waals surface area contributed by atoms with Crippen LogP contribution in [-0.2, 0) is 4.79 Å². The molecule has 1 aliphatic rings. The van der Waals surface area contributed by atoms with Crippen molar-refractivity contribution < 1.29 is 14.3 Å². The highest BCUT2D eigenvalue weighted by molar-refractivity contribution is 5.92.